The van der Waals surface area contributed by atoms with Crippen LogP contribution in [0.4, 0.5) is 5.69 Å². The average molecular weight is 329 g/mol. The Kier molecular flexibility index (Phi) is 5.42. The van der Waals surface area contributed by atoms with Crippen LogP contribution in [0, 0.1) is 41.7 Å². The summed E-state index contributed by atoms with van der Waals surface area (Å²) in [5.41, 5.74) is 5.85. The van der Waals surface area contributed by atoms with Crippen LogP contribution in [0.3, 0.4) is 0 Å². The van der Waals surface area contributed by atoms with Gasteiger partial charge < -0.3 is 10.3 Å². The maximum Gasteiger partial charge on any atom is 0.524 e. The average Bonchev–Trinajstić information content (AvgIpc) is 1.91. The molecule has 0 radical (unpaired) electrons. The number of nitrogens with two attached hydrogens (primary N) is 1. The molecule has 1 rings (SSSR count). The summed E-state index contributed by atoms with van der Waals surface area (Å²) in [6.07, 6.45) is 0. The number of hydrogen-bond acceptors (Lipinski definition) is 3. The van der Waals surface area contributed by atoms with E-state index in [4.69, 9.17) is 15.5 Å². The van der Waals surface area contributed by atoms with Gasteiger partial charge in [0.25, 0.3) is 0 Å². The van der Waals surface area contributed by atoms with Crippen LogP contribution in [-0.2, 0) is 4.57 Å². The van der Waals surface area contributed by atoms with Crippen LogP contribution in [0.25, 0.3) is 0 Å². The van der Waals surface area contributed by atoms with Crippen molar-refractivity contribution in [2.24, 2.45) is 0 Å². The maximum absolute atomic E-state index is 10.3. The largest absolute Gasteiger partial charge is 0.524 e. The predicted molar refractivity (Wildman–Crippen MR) is 43.5 cm³/mol. The molecule has 0 aliphatic rings. The first-order valence-electron chi connectivity index (χ1n) is 3.08. The van der Waals surface area contributed by atoms with Crippen LogP contribution >= 0.6 is 7.82 Å². The molecule has 0 spiro atoms. The molecule has 0 aromatic heterocycles. The topological polar surface area (TPSA) is 92.8 Å². The van der Waals surface area contributed by atoms with Crippen LogP contribution in [0.2, 0.25) is 0 Å². The summed E-state index contributed by atoms with van der Waals surface area (Å²) in [4.78, 5) is 16.8. The maximum atomic E-state index is 10.3. The minimum atomic E-state index is -4.44. The first-order valence-corrected chi connectivity index (χ1v) is 4.61. The number of phosphoric ester groups is 1. The SMILES string of the molecule is Nc1ccc(OP(=O)(O)O)cc1.[Ce]. The minimum absolute atomic E-state index is 0. The van der Waals surface area contributed by atoms with Gasteiger partial charge in [-0.2, -0.15) is 0 Å². The quantitative estimate of drug-likeness (QED) is 0.550. The van der Waals surface area contributed by atoms with Crippen LogP contribution < -0.4 is 10.3 Å². The predicted octanol–water partition coefficient (Wildman–Crippen LogP) is 0.740. The molecule has 7 heteroatoms. The van der Waals surface area contributed by atoms with Gasteiger partial charge in [-0.25, -0.2) is 4.57 Å². The van der Waals surface area contributed by atoms with E-state index in [0.717, 1.165) is 0 Å². The molecule has 0 saturated carbocycles. The monoisotopic (exact) mass is 329 g/mol. The van der Waals surface area contributed by atoms with Crippen molar-refractivity contribution in [2.75, 3.05) is 5.73 Å². The fraction of sp³-hybridized carbons (Fsp3) is 0. The number of hydrogen-bond donors (Lipinski definition) is 3. The smallest absolute Gasteiger partial charge is 0.404 e. The van der Waals surface area contributed by atoms with Crippen LogP contribution in [0.1, 0.15) is 0 Å². The van der Waals surface area contributed by atoms with Crippen molar-refractivity contribution in [1.82, 2.24) is 0 Å². The molecule has 0 atom stereocenters. The summed E-state index contributed by atoms with van der Waals surface area (Å²) >= 11 is 0. The molecule has 0 bridgehead atoms. The van der Waals surface area contributed by atoms with Gasteiger partial charge in [0.15, 0.2) is 0 Å². The molecule has 70 valence electrons. The molecule has 0 amide bonds. The van der Waals surface area contributed by atoms with E-state index in [1.807, 2.05) is 0 Å². The Balaban J connectivity index is 0.00000144. The van der Waals surface area contributed by atoms with Crippen LogP contribution in [0.5, 0.6) is 5.75 Å². The van der Waals surface area contributed by atoms with Crippen molar-refractivity contribution in [1.29, 1.82) is 0 Å². The Bertz CT molecular complexity index is 309. The minimum Gasteiger partial charge on any atom is -0.404 e. The Hall–Kier alpha value is 0.347. The van der Waals surface area contributed by atoms with E-state index >= 15 is 0 Å². The van der Waals surface area contributed by atoms with Crippen LogP contribution in [-0.4, -0.2) is 9.79 Å². The Labute approximate surface area is 109 Å². The third-order valence-corrected chi connectivity index (χ3v) is 1.55. The molecular formula is C6H8CeNO4P. The first-order chi connectivity index (χ1) is 5.47. The van der Waals surface area contributed by atoms with E-state index in [9.17, 15) is 4.57 Å². The number of phosphoric acid groups is 1. The van der Waals surface area contributed by atoms with Gasteiger partial charge in [0.05, 0.1) is 0 Å². The van der Waals surface area contributed by atoms with Crippen molar-refractivity contribution in [3.05, 3.63) is 24.3 Å². The van der Waals surface area contributed by atoms with Gasteiger partial charge in [0.1, 0.15) is 5.75 Å². The molecule has 0 heterocycles. The van der Waals surface area contributed by atoms with E-state index in [1.54, 1.807) is 0 Å². The summed E-state index contributed by atoms with van der Waals surface area (Å²) < 4.78 is 14.6. The van der Waals surface area contributed by atoms with Crippen molar-refractivity contribution < 1.29 is 60.6 Å². The van der Waals surface area contributed by atoms with Gasteiger partial charge in [-0.1, -0.05) is 0 Å². The second-order valence-corrected chi connectivity index (χ2v) is 3.31. The van der Waals surface area contributed by atoms with Gasteiger partial charge >= 0.3 is 7.82 Å². The van der Waals surface area contributed by atoms with E-state index < -0.39 is 7.82 Å². The summed E-state index contributed by atoms with van der Waals surface area (Å²) in [6.45, 7) is 0. The van der Waals surface area contributed by atoms with Crippen LogP contribution in [0.15, 0.2) is 24.3 Å². The molecule has 5 nitrogen and oxygen atoms in total. The Morgan fingerprint density at radius 2 is 1.69 bits per heavy atom. The standard InChI is InChI=1S/C6H8NO4P.Ce/c7-5-1-3-6(4-2-5)11-12(8,9)10;/h1-4H,7H2,(H2,8,9,10);. The summed E-state index contributed by atoms with van der Waals surface area (Å²) in [5.74, 6) is 0.0949. The number of benzene rings is 1. The summed E-state index contributed by atoms with van der Waals surface area (Å²) in [7, 11) is -4.44. The molecule has 0 unspecified atom stereocenters. The number of anilines is 1. The van der Waals surface area contributed by atoms with E-state index in [2.05, 4.69) is 4.52 Å². The van der Waals surface area contributed by atoms with E-state index in [1.165, 1.54) is 24.3 Å². The fourth-order valence-electron chi connectivity index (χ4n) is 0.666. The molecule has 4 N–H and O–H groups in total. The molecule has 0 aliphatic carbocycles. The Morgan fingerprint density at radius 1 is 1.23 bits per heavy atom. The third kappa shape index (κ3) is 5.61. The molecule has 13 heavy (non-hydrogen) atoms. The summed E-state index contributed by atoms with van der Waals surface area (Å²) in [6, 6.07) is 5.75. The molecule has 0 fully saturated rings. The zero-order chi connectivity index (χ0) is 9.19. The summed E-state index contributed by atoms with van der Waals surface area (Å²) in [5, 5.41) is 0. The Morgan fingerprint density at radius 3 is 2.08 bits per heavy atom. The van der Waals surface area contributed by atoms with Gasteiger partial charge in [0.2, 0.25) is 0 Å². The van der Waals surface area contributed by atoms with E-state index in [0.29, 0.717) is 5.69 Å². The normalized spacial score (nSPS) is 10.3. The number of nitrogen functional groups attached to an aromatic ring is 1. The van der Waals surface area contributed by atoms with Gasteiger partial charge in [-0.05, 0) is 24.3 Å². The van der Waals surface area contributed by atoms with Gasteiger partial charge in [0, 0.05) is 47.4 Å². The van der Waals surface area contributed by atoms with Crippen molar-refractivity contribution in [3.8, 4) is 5.75 Å². The second-order valence-electron chi connectivity index (χ2n) is 2.15. The van der Waals surface area contributed by atoms with Crippen molar-refractivity contribution in [2.45, 2.75) is 0 Å². The van der Waals surface area contributed by atoms with Gasteiger partial charge in [-0.15, -0.1) is 0 Å². The van der Waals surface area contributed by atoms with Crippen molar-refractivity contribution in [3.63, 3.8) is 0 Å². The van der Waals surface area contributed by atoms with E-state index in [-0.39, 0.29) is 47.5 Å². The number of rotatable bonds is 2. The molecule has 1 aromatic carbocycles. The molecule has 0 aliphatic heterocycles. The van der Waals surface area contributed by atoms with Gasteiger partial charge in [-0.3, -0.25) is 9.79 Å². The molecule has 1 aromatic rings. The zero-order valence-corrected chi connectivity index (χ0v) is 10.6. The molecule has 0 saturated heterocycles. The fourth-order valence-corrected chi connectivity index (χ4v) is 1.06. The van der Waals surface area contributed by atoms with Crippen molar-refractivity contribution >= 4 is 13.5 Å². The zero-order valence-electron chi connectivity index (χ0n) is 6.54. The second kappa shape index (κ2) is 5.28. The molecular weight excluding hydrogens is 321 g/mol. The first kappa shape index (κ1) is 13.3. The third-order valence-electron chi connectivity index (χ3n) is 1.10.